The monoisotopic (exact) mass is 586 g/mol. The number of carbonyl (C=O) groups is 2. The number of piperazine rings is 1. The second-order valence-corrected chi connectivity index (χ2v) is 10.8. The molecule has 0 spiro atoms. The van der Waals surface area contributed by atoms with E-state index in [2.05, 4.69) is 34.2 Å². The lowest BCUT2D eigenvalue weighted by Crippen LogP contribution is -2.55. The van der Waals surface area contributed by atoms with Crippen molar-refractivity contribution in [3.8, 4) is 5.75 Å². The summed E-state index contributed by atoms with van der Waals surface area (Å²) in [6.45, 7) is 11.5. The molecular formula is C34H39FN4O4. The zero-order valence-corrected chi connectivity index (χ0v) is 24.8. The molecule has 0 aliphatic carbocycles. The van der Waals surface area contributed by atoms with Gasteiger partial charge in [0.15, 0.2) is 0 Å². The van der Waals surface area contributed by atoms with Gasteiger partial charge in [0, 0.05) is 62.4 Å². The molecule has 1 aliphatic rings. The smallest absolute Gasteiger partial charge is 0.251 e. The molecule has 2 amide bonds. The number of aliphatic hydroxyl groups excluding tert-OH is 1. The van der Waals surface area contributed by atoms with E-state index in [0.717, 1.165) is 5.56 Å². The molecule has 3 N–H and O–H groups in total. The van der Waals surface area contributed by atoms with E-state index >= 15 is 0 Å². The molecule has 0 radical (unpaired) electrons. The Morgan fingerprint density at radius 1 is 1.16 bits per heavy atom. The molecule has 4 atom stereocenters. The van der Waals surface area contributed by atoms with Crippen molar-refractivity contribution in [1.29, 1.82) is 0 Å². The number of hydrogen-bond donors (Lipinski definition) is 3. The topological polar surface area (TPSA) is 94.1 Å². The molecule has 4 rings (SSSR count). The average molecular weight is 587 g/mol. The molecule has 1 aliphatic heterocycles. The maximum atomic E-state index is 14.5. The number of amides is 2. The first-order valence-electron chi connectivity index (χ1n) is 14.4. The molecule has 226 valence electrons. The Hall–Kier alpha value is -4.23. The quantitative estimate of drug-likeness (QED) is 0.278. The summed E-state index contributed by atoms with van der Waals surface area (Å²) in [4.78, 5) is 28.8. The van der Waals surface area contributed by atoms with Crippen LogP contribution in [-0.2, 0) is 4.79 Å². The largest absolute Gasteiger partial charge is 0.484 e. The molecule has 0 saturated carbocycles. The fourth-order valence-corrected chi connectivity index (χ4v) is 5.18. The predicted octanol–water partition coefficient (Wildman–Crippen LogP) is 3.97. The van der Waals surface area contributed by atoms with Gasteiger partial charge in [-0.15, -0.1) is 0 Å². The van der Waals surface area contributed by atoms with Crippen molar-refractivity contribution in [2.75, 3.05) is 32.7 Å². The van der Waals surface area contributed by atoms with Crippen LogP contribution in [0.4, 0.5) is 4.39 Å². The number of aliphatic hydroxyl groups is 1. The van der Waals surface area contributed by atoms with E-state index < -0.39 is 12.3 Å². The fraction of sp³-hybridized carbons (Fsp3) is 0.353. The van der Waals surface area contributed by atoms with E-state index in [1.54, 1.807) is 31.2 Å². The van der Waals surface area contributed by atoms with Gasteiger partial charge in [0.1, 0.15) is 23.9 Å². The van der Waals surface area contributed by atoms with E-state index in [1.807, 2.05) is 42.2 Å². The maximum Gasteiger partial charge on any atom is 0.251 e. The van der Waals surface area contributed by atoms with Crippen LogP contribution in [0, 0.1) is 24.9 Å². The van der Waals surface area contributed by atoms with Crippen molar-refractivity contribution in [2.45, 2.75) is 45.2 Å². The average Bonchev–Trinajstić information content (AvgIpc) is 3.00. The van der Waals surface area contributed by atoms with Crippen LogP contribution in [0.5, 0.6) is 5.75 Å². The minimum Gasteiger partial charge on any atom is -0.484 e. The van der Waals surface area contributed by atoms with Crippen molar-refractivity contribution in [1.82, 2.24) is 20.4 Å². The Morgan fingerprint density at radius 3 is 2.51 bits per heavy atom. The Labute approximate surface area is 253 Å². The Bertz CT molecular complexity index is 1380. The van der Waals surface area contributed by atoms with Gasteiger partial charge in [0.05, 0.1) is 6.04 Å². The summed E-state index contributed by atoms with van der Waals surface area (Å²) in [5.74, 6) is -0.334. The molecule has 43 heavy (non-hydrogen) atoms. The van der Waals surface area contributed by atoms with E-state index in [-0.39, 0.29) is 36.3 Å². The highest BCUT2D eigenvalue weighted by Crippen LogP contribution is 2.25. The maximum absolute atomic E-state index is 14.5. The molecule has 3 aromatic rings. The van der Waals surface area contributed by atoms with E-state index in [1.165, 1.54) is 19.1 Å². The highest BCUT2D eigenvalue weighted by molar-refractivity contribution is 5.94. The van der Waals surface area contributed by atoms with Crippen LogP contribution < -0.4 is 15.4 Å². The lowest BCUT2D eigenvalue weighted by Gasteiger charge is -2.42. The van der Waals surface area contributed by atoms with Crippen LogP contribution in [0.2, 0.25) is 0 Å². The van der Waals surface area contributed by atoms with Gasteiger partial charge in [-0.3, -0.25) is 19.4 Å². The van der Waals surface area contributed by atoms with Crippen LogP contribution in [-0.4, -0.2) is 71.7 Å². The summed E-state index contributed by atoms with van der Waals surface area (Å²) >= 11 is 0. The Balaban J connectivity index is 1.43. The Morgan fingerprint density at radius 2 is 1.88 bits per heavy atom. The minimum atomic E-state index is -0.705. The number of carbonyl (C=O) groups excluding carboxylic acids is 2. The van der Waals surface area contributed by atoms with Gasteiger partial charge in [0.25, 0.3) is 5.91 Å². The highest BCUT2D eigenvalue weighted by atomic mass is 19.1. The van der Waals surface area contributed by atoms with Crippen LogP contribution >= 0.6 is 0 Å². The second-order valence-electron chi connectivity index (χ2n) is 10.8. The third kappa shape index (κ3) is 8.64. The lowest BCUT2D eigenvalue weighted by atomic mass is 10.1. The first kappa shape index (κ1) is 31.7. The van der Waals surface area contributed by atoms with Crippen LogP contribution in [0.1, 0.15) is 53.0 Å². The van der Waals surface area contributed by atoms with Gasteiger partial charge in [-0.2, -0.15) is 0 Å². The summed E-state index contributed by atoms with van der Waals surface area (Å²) < 4.78 is 20.9. The zero-order valence-electron chi connectivity index (χ0n) is 24.8. The molecule has 3 aromatic carbocycles. The fourth-order valence-electron chi connectivity index (χ4n) is 5.18. The second kappa shape index (κ2) is 14.8. The minimum absolute atomic E-state index is 0.0811. The number of ether oxygens (including phenoxy) is 1. The zero-order chi connectivity index (χ0) is 30.9. The van der Waals surface area contributed by atoms with Gasteiger partial charge < -0.3 is 20.5 Å². The standard InChI is InChI=1S/C34H39FN4O4/c1-5-33(41)39-18-17-38(21-24(39)3)22-32(28-12-11-23(2)30(35)19-28)43-29-15-13-27(14-16-29)34(42)36-20-31(37-25(4)40)26-9-7-6-8-10-26/h5-10,13-16,19,24,31-33,41H,1,17-18,20-22H2,2-4H3,(H,36,42)(H,37,40)/t24-,31?,32+,33?/m1/s1. The van der Waals surface area contributed by atoms with Crippen molar-refractivity contribution >= 4 is 11.8 Å². The van der Waals surface area contributed by atoms with Gasteiger partial charge in [-0.05, 0) is 55.8 Å². The molecule has 0 bridgehead atoms. The van der Waals surface area contributed by atoms with E-state index in [9.17, 15) is 19.1 Å². The molecule has 1 heterocycles. The first-order chi connectivity index (χ1) is 20.6. The predicted molar refractivity (Wildman–Crippen MR) is 163 cm³/mol. The van der Waals surface area contributed by atoms with Crippen LogP contribution in [0.3, 0.4) is 0 Å². The van der Waals surface area contributed by atoms with E-state index in [0.29, 0.717) is 48.6 Å². The summed E-state index contributed by atoms with van der Waals surface area (Å²) in [7, 11) is 0. The van der Waals surface area contributed by atoms with Crippen molar-refractivity contribution in [3.05, 3.63) is 114 Å². The number of nitrogens with one attached hydrogen (secondary N) is 2. The number of hydrogen-bond acceptors (Lipinski definition) is 6. The van der Waals surface area contributed by atoms with Gasteiger partial charge in [-0.25, -0.2) is 4.39 Å². The molecule has 2 unspecified atom stereocenters. The molecule has 8 nitrogen and oxygen atoms in total. The van der Waals surface area contributed by atoms with Crippen molar-refractivity contribution in [3.63, 3.8) is 0 Å². The molecule has 0 aromatic heterocycles. The van der Waals surface area contributed by atoms with Crippen LogP contribution in [0.25, 0.3) is 0 Å². The normalized spacial score (nSPS) is 17.7. The molecular weight excluding hydrogens is 547 g/mol. The van der Waals surface area contributed by atoms with Crippen molar-refractivity contribution < 1.29 is 23.8 Å². The molecule has 1 saturated heterocycles. The van der Waals surface area contributed by atoms with Crippen molar-refractivity contribution in [2.24, 2.45) is 0 Å². The number of halogens is 1. The third-order valence-corrected chi connectivity index (χ3v) is 7.56. The lowest BCUT2D eigenvalue weighted by molar-refractivity contribution is -0.119. The van der Waals surface area contributed by atoms with Gasteiger partial charge in [0.2, 0.25) is 5.91 Å². The summed E-state index contributed by atoms with van der Waals surface area (Å²) in [6.07, 6.45) is 0.272. The number of rotatable bonds is 12. The Kier molecular flexibility index (Phi) is 10.9. The van der Waals surface area contributed by atoms with Crippen LogP contribution in [0.15, 0.2) is 73.3 Å². The van der Waals surface area contributed by atoms with E-state index in [4.69, 9.17) is 4.74 Å². The number of nitrogens with zero attached hydrogens (tertiary/aromatic N) is 2. The highest BCUT2D eigenvalue weighted by Gasteiger charge is 2.29. The summed E-state index contributed by atoms with van der Waals surface area (Å²) in [6, 6.07) is 23.2. The van der Waals surface area contributed by atoms with Gasteiger partial charge in [-0.1, -0.05) is 49.0 Å². The first-order valence-corrected chi connectivity index (χ1v) is 14.4. The van der Waals surface area contributed by atoms with Gasteiger partial charge >= 0.3 is 0 Å². The SMILES string of the molecule is C=CC(O)N1CCN(C[C@H](Oc2ccc(C(=O)NCC(NC(C)=O)c3ccccc3)cc2)c2c#cc(C)c(F)c2)C[C@H]1C. The molecule has 1 fully saturated rings. The molecule has 9 heteroatoms. The summed E-state index contributed by atoms with van der Waals surface area (Å²) in [5.41, 5.74) is 2.25. The number of benzene rings is 2. The third-order valence-electron chi connectivity index (χ3n) is 7.56. The summed E-state index contributed by atoms with van der Waals surface area (Å²) in [5, 5.41) is 16.0.